The molecule has 3 aromatic rings. The molecule has 1 aliphatic heterocycles. The number of nitrogens with zero attached hydrogens (tertiary/aromatic N) is 3. The molecule has 0 bridgehead atoms. The summed E-state index contributed by atoms with van der Waals surface area (Å²) in [5.74, 6) is -0.225. The van der Waals surface area contributed by atoms with Crippen LogP contribution in [0.4, 0.5) is 4.39 Å². The summed E-state index contributed by atoms with van der Waals surface area (Å²) in [6.45, 7) is 9.11. The van der Waals surface area contributed by atoms with Crippen molar-refractivity contribution in [1.29, 1.82) is 0 Å². The first-order valence-corrected chi connectivity index (χ1v) is 10.0. The zero-order valence-corrected chi connectivity index (χ0v) is 17.8. The van der Waals surface area contributed by atoms with Crippen molar-refractivity contribution in [2.24, 2.45) is 0 Å². The predicted molar refractivity (Wildman–Crippen MR) is 117 cm³/mol. The van der Waals surface area contributed by atoms with Gasteiger partial charge in [0.25, 0.3) is 0 Å². The van der Waals surface area contributed by atoms with E-state index in [1.807, 2.05) is 36.7 Å². The number of likely N-dealkylation sites (N-methyl/N-ethyl adjacent to an activating group) is 1. The number of hydrogen-bond acceptors (Lipinski definition) is 2. The summed E-state index contributed by atoms with van der Waals surface area (Å²) in [5.41, 5.74) is 5.79. The number of aromatic nitrogens is 2. The first-order valence-electron chi connectivity index (χ1n) is 10.0. The lowest BCUT2D eigenvalue weighted by molar-refractivity contribution is 0.0697. The Bertz CT molecular complexity index is 1040. The van der Waals surface area contributed by atoms with E-state index in [9.17, 15) is 4.39 Å². The molecule has 2 aromatic heterocycles. The van der Waals surface area contributed by atoms with Gasteiger partial charge in [-0.15, -0.1) is 0 Å². The fourth-order valence-electron chi connectivity index (χ4n) is 4.35. The zero-order chi connectivity index (χ0) is 20.8. The maximum absolute atomic E-state index is 13.4. The summed E-state index contributed by atoms with van der Waals surface area (Å²) in [4.78, 5) is 6.61. The van der Waals surface area contributed by atoms with Gasteiger partial charge in [0.05, 0.1) is 0 Å². The third kappa shape index (κ3) is 3.65. The highest BCUT2D eigenvalue weighted by Crippen LogP contribution is 2.43. The first-order chi connectivity index (χ1) is 13.7. The van der Waals surface area contributed by atoms with Crippen LogP contribution in [0.5, 0.6) is 0 Å². The van der Waals surface area contributed by atoms with Crippen LogP contribution in [0.2, 0.25) is 0 Å². The normalized spacial score (nSPS) is 18.5. The van der Waals surface area contributed by atoms with Crippen molar-refractivity contribution in [3.8, 4) is 16.8 Å². The van der Waals surface area contributed by atoms with Crippen LogP contribution in [0, 0.1) is 5.82 Å². The van der Waals surface area contributed by atoms with E-state index in [2.05, 4.69) is 67.7 Å². The molecule has 0 N–H and O–H groups in total. The molecule has 0 amide bonds. The minimum absolute atomic E-state index is 0.0427. The lowest BCUT2D eigenvalue weighted by Gasteiger charge is -2.49. The minimum atomic E-state index is -0.225. The molecule has 0 radical (unpaired) electrons. The van der Waals surface area contributed by atoms with E-state index in [-0.39, 0.29) is 16.9 Å². The van der Waals surface area contributed by atoms with E-state index in [1.54, 1.807) is 0 Å². The molecule has 1 aromatic carbocycles. The molecule has 1 aliphatic rings. The van der Waals surface area contributed by atoms with Gasteiger partial charge in [0.1, 0.15) is 5.82 Å². The Kier molecular flexibility index (Phi) is 4.70. The Labute approximate surface area is 172 Å². The average Bonchev–Trinajstić information content (AvgIpc) is 3.12. The number of pyridine rings is 1. The molecular formula is C25H28FN3. The fraction of sp³-hybridized carbons (Fsp3) is 0.320. The Hall–Kier alpha value is -2.72. The molecule has 0 unspecified atom stereocenters. The molecule has 0 saturated carbocycles. The van der Waals surface area contributed by atoms with Gasteiger partial charge in [-0.1, -0.05) is 6.08 Å². The summed E-state index contributed by atoms with van der Waals surface area (Å²) in [6, 6.07) is 10.7. The highest BCUT2D eigenvalue weighted by Gasteiger charge is 2.39. The molecule has 29 heavy (non-hydrogen) atoms. The second kappa shape index (κ2) is 6.96. The summed E-state index contributed by atoms with van der Waals surface area (Å²) in [5, 5.41) is 0. The second-order valence-electron chi connectivity index (χ2n) is 9.08. The molecule has 4 heteroatoms. The molecule has 0 spiro atoms. The highest BCUT2D eigenvalue weighted by atomic mass is 19.1. The van der Waals surface area contributed by atoms with Crippen LogP contribution < -0.4 is 0 Å². The van der Waals surface area contributed by atoms with Gasteiger partial charge in [-0.2, -0.15) is 0 Å². The van der Waals surface area contributed by atoms with E-state index in [1.165, 1.54) is 28.8 Å². The summed E-state index contributed by atoms with van der Waals surface area (Å²) in [7, 11) is 2.20. The van der Waals surface area contributed by atoms with Crippen molar-refractivity contribution >= 4 is 5.57 Å². The molecule has 0 atom stereocenters. The van der Waals surface area contributed by atoms with Crippen LogP contribution in [-0.4, -0.2) is 32.6 Å². The number of benzene rings is 1. The average molecular weight is 390 g/mol. The Balaban J connectivity index is 1.89. The third-order valence-corrected chi connectivity index (χ3v) is 6.21. The van der Waals surface area contributed by atoms with Crippen LogP contribution >= 0.6 is 0 Å². The zero-order valence-electron chi connectivity index (χ0n) is 17.8. The topological polar surface area (TPSA) is 21.1 Å². The predicted octanol–water partition coefficient (Wildman–Crippen LogP) is 5.95. The fourth-order valence-corrected chi connectivity index (χ4v) is 4.35. The lowest BCUT2D eigenvalue weighted by atomic mass is 9.78. The highest BCUT2D eigenvalue weighted by molar-refractivity contribution is 5.83. The third-order valence-electron chi connectivity index (χ3n) is 6.21. The lowest BCUT2D eigenvalue weighted by Crippen LogP contribution is -2.54. The number of halogens is 1. The van der Waals surface area contributed by atoms with E-state index >= 15 is 0 Å². The van der Waals surface area contributed by atoms with Gasteiger partial charge in [0.2, 0.25) is 0 Å². The van der Waals surface area contributed by atoms with E-state index < -0.39 is 0 Å². The maximum atomic E-state index is 13.4. The Morgan fingerprint density at radius 1 is 0.897 bits per heavy atom. The van der Waals surface area contributed by atoms with Gasteiger partial charge in [-0.25, -0.2) is 4.39 Å². The van der Waals surface area contributed by atoms with Gasteiger partial charge >= 0.3 is 0 Å². The largest absolute Gasteiger partial charge is 0.323 e. The van der Waals surface area contributed by atoms with Crippen molar-refractivity contribution in [3.63, 3.8) is 0 Å². The number of hydrogen-bond donors (Lipinski definition) is 0. The molecule has 3 heterocycles. The summed E-state index contributed by atoms with van der Waals surface area (Å²) in [6.07, 6.45) is 11.3. The smallest absolute Gasteiger partial charge is 0.123 e. The van der Waals surface area contributed by atoms with Crippen molar-refractivity contribution in [1.82, 2.24) is 14.5 Å². The summed E-state index contributed by atoms with van der Waals surface area (Å²) >= 11 is 0. The molecule has 0 saturated heterocycles. The van der Waals surface area contributed by atoms with Crippen LogP contribution in [0.25, 0.3) is 22.4 Å². The molecule has 150 valence electrons. The van der Waals surface area contributed by atoms with Crippen molar-refractivity contribution < 1.29 is 4.39 Å². The molecule has 0 fully saturated rings. The molecule has 0 aliphatic carbocycles. The quantitative estimate of drug-likeness (QED) is 0.551. The van der Waals surface area contributed by atoms with Gasteiger partial charge in [0, 0.05) is 52.7 Å². The molecule has 3 nitrogen and oxygen atoms in total. The Morgan fingerprint density at radius 2 is 1.52 bits per heavy atom. The van der Waals surface area contributed by atoms with Gasteiger partial charge < -0.3 is 4.57 Å². The van der Waals surface area contributed by atoms with E-state index in [4.69, 9.17) is 0 Å². The van der Waals surface area contributed by atoms with Crippen LogP contribution in [0.15, 0.2) is 67.3 Å². The molecule has 4 rings (SSSR count). The van der Waals surface area contributed by atoms with E-state index in [0.717, 1.165) is 17.7 Å². The first kappa shape index (κ1) is 19.6. The van der Waals surface area contributed by atoms with Crippen molar-refractivity contribution in [2.45, 2.75) is 45.2 Å². The SMILES string of the molecule is CN1C(C)(C)C=C(c2cn(-c3ccc(F)cc3)cc2-c2ccncc2)CC1(C)C. The van der Waals surface area contributed by atoms with Gasteiger partial charge in [-0.3, -0.25) is 9.88 Å². The molecular weight excluding hydrogens is 361 g/mol. The summed E-state index contributed by atoms with van der Waals surface area (Å²) < 4.78 is 15.5. The number of rotatable bonds is 3. The van der Waals surface area contributed by atoms with Crippen LogP contribution in [0.1, 0.15) is 39.7 Å². The second-order valence-corrected chi connectivity index (χ2v) is 9.08. The standard InChI is InChI=1S/C25H28FN3/c1-24(2)14-19(15-25(3,4)28(24)5)23-17-29(21-8-6-20(26)7-9-21)16-22(23)18-10-12-27-13-11-18/h6-14,16-17H,15H2,1-5H3. The Morgan fingerprint density at radius 3 is 2.14 bits per heavy atom. The van der Waals surface area contributed by atoms with Gasteiger partial charge in [-0.05, 0) is 88.7 Å². The van der Waals surface area contributed by atoms with Crippen molar-refractivity contribution in [2.75, 3.05) is 7.05 Å². The van der Waals surface area contributed by atoms with Crippen LogP contribution in [0.3, 0.4) is 0 Å². The van der Waals surface area contributed by atoms with Crippen molar-refractivity contribution in [3.05, 3.63) is 78.6 Å². The maximum Gasteiger partial charge on any atom is 0.123 e. The van der Waals surface area contributed by atoms with Crippen LogP contribution in [-0.2, 0) is 0 Å². The minimum Gasteiger partial charge on any atom is -0.323 e. The monoisotopic (exact) mass is 389 g/mol. The van der Waals surface area contributed by atoms with E-state index in [0.29, 0.717) is 0 Å². The van der Waals surface area contributed by atoms with Gasteiger partial charge in [0.15, 0.2) is 0 Å².